The number of ether oxygens (including phenoxy) is 1. The third kappa shape index (κ3) is 2.44. The van der Waals surface area contributed by atoms with E-state index in [9.17, 15) is 10.1 Å². The summed E-state index contributed by atoms with van der Waals surface area (Å²) in [5.41, 5.74) is 0.118. The number of non-ortho nitro benzene ring substituents is 1. The molecule has 0 unspecified atom stereocenters. The Kier molecular flexibility index (Phi) is 3.52. The lowest BCUT2D eigenvalue weighted by molar-refractivity contribution is -0.383. The van der Waals surface area contributed by atoms with Crippen molar-refractivity contribution in [1.82, 2.24) is 5.32 Å². The van der Waals surface area contributed by atoms with Crippen LogP contribution in [0.25, 0.3) is 10.8 Å². The van der Waals surface area contributed by atoms with E-state index in [4.69, 9.17) is 4.74 Å². The number of nitrogens with zero attached hydrogens (tertiary/aromatic N) is 1. The van der Waals surface area contributed by atoms with Crippen molar-refractivity contribution in [3.05, 3.63) is 46.5 Å². The molecule has 0 amide bonds. The minimum Gasteiger partial charge on any atom is -0.491 e. The monoisotopic (exact) mass is 272 g/mol. The second-order valence-corrected chi connectivity index (χ2v) is 4.99. The van der Waals surface area contributed by atoms with Crippen LogP contribution in [0.5, 0.6) is 5.75 Å². The third-order valence-corrected chi connectivity index (χ3v) is 3.66. The van der Waals surface area contributed by atoms with Crippen molar-refractivity contribution in [2.75, 3.05) is 13.2 Å². The molecule has 104 valence electrons. The molecule has 0 spiro atoms. The third-order valence-electron chi connectivity index (χ3n) is 3.66. The molecule has 0 bridgehead atoms. The van der Waals surface area contributed by atoms with Crippen molar-refractivity contribution in [1.29, 1.82) is 0 Å². The number of nitrogens with one attached hydrogen (secondary N) is 1. The standard InChI is InChI=1S/C15H16N2O3/c18-17(19)14-7-8-15(13-6-2-1-5-12(13)14)20-10-11-4-3-9-16-11/h1-2,5-8,11,16H,3-4,9-10H2/t11-/m0/s1. The number of nitro benzene ring substituents is 1. The number of rotatable bonds is 4. The number of hydrogen-bond donors (Lipinski definition) is 1. The van der Waals surface area contributed by atoms with E-state index in [0.29, 0.717) is 23.8 Å². The van der Waals surface area contributed by atoms with Crippen LogP contribution in [-0.2, 0) is 0 Å². The molecule has 20 heavy (non-hydrogen) atoms. The summed E-state index contributed by atoms with van der Waals surface area (Å²) < 4.78 is 5.85. The molecule has 2 aromatic rings. The van der Waals surface area contributed by atoms with E-state index >= 15 is 0 Å². The van der Waals surface area contributed by atoms with E-state index in [1.54, 1.807) is 18.2 Å². The van der Waals surface area contributed by atoms with E-state index in [1.165, 1.54) is 12.5 Å². The SMILES string of the molecule is O=[N+]([O-])c1ccc(OC[C@@H]2CCCN2)c2ccccc12. The average molecular weight is 272 g/mol. The second kappa shape index (κ2) is 5.46. The normalized spacial score (nSPS) is 18.3. The highest BCUT2D eigenvalue weighted by Crippen LogP contribution is 2.32. The molecule has 0 radical (unpaired) electrons. The van der Waals surface area contributed by atoms with E-state index in [0.717, 1.165) is 18.4 Å². The lowest BCUT2D eigenvalue weighted by Gasteiger charge is -2.13. The maximum Gasteiger partial charge on any atom is 0.277 e. The molecule has 5 heteroatoms. The summed E-state index contributed by atoms with van der Waals surface area (Å²) in [6, 6.07) is 10.9. The van der Waals surface area contributed by atoms with Gasteiger partial charge in [0, 0.05) is 17.5 Å². The molecular weight excluding hydrogens is 256 g/mol. The molecule has 5 nitrogen and oxygen atoms in total. The number of fused-ring (bicyclic) bond motifs is 1. The van der Waals surface area contributed by atoms with Gasteiger partial charge in [-0.3, -0.25) is 10.1 Å². The molecule has 0 saturated carbocycles. The van der Waals surface area contributed by atoms with Gasteiger partial charge in [-0.15, -0.1) is 0 Å². The van der Waals surface area contributed by atoms with Gasteiger partial charge in [-0.05, 0) is 31.5 Å². The van der Waals surface area contributed by atoms with Crippen LogP contribution < -0.4 is 10.1 Å². The second-order valence-electron chi connectivity index (χ2n) is 4.99. The first-order valence-corrected chi connectivity index (χ1v) is 6.78. The highest BCUT2D eigenvalue weighted by atomic mass is 16.6. The summed E-state index contributed by atoms with van der Waals surface area (Å²) in [5.74, 6) is 0.708. The average Bonchev–Trinajstić information content (AvgIpc) is 2.97. The molecule has 1 atom stereocenters. The Morgan fingerprint density at radius 2 is 2.05 bits per heavy atom. The molecule has 0 aliphatic carbocycles. The first-order valence-electron chi connectivity index (χ1n) is 6.78. The van der Waals surface area contributed by atoms with Gasteiger partial charge in [0.05, 0.1) is 10.3 Å². The van der Waals surface area contributed by atoms with Crippen molar-refractivity contribution in [3.8, 4) is 5.75 Å². The maximum atomic E-state index is 11.0. The van der Waals surface area contributed by atoms with Crippen molar-refractivity contribution in [2.24, 2.45) is 0 Å². The smallest absolute Gasteiger partial charge is 0.277 e. The molecule has 1 aliphatic rings. The Morgan fingerprint density at radius 1 is 1.25 bits per heavy atom. The fourth-order valence-corrected chi connectivity index (χ4v) is 2.63. The summed E-state index contributed by atoms with van der Waals surface area (Å²) in [4.78, 5) is 10.7. The predicted octanol–water partition coefficient (Wildman–Crippen LogP) is 2.88. The first-order chi connectivity index (χ1) is 9.75. The number of benzene rings is 2. The molecule has 1 saturated heterocycles. The van der Waals surface area contributed by atoms with Gasteiger partial charge in [-0.2, -0.15) is 0 Å². The highest BCUT2D eigenvalue weighted by molar-refractivity contribution is 5.95. The fraction of sp³-hybridized carbons (Fsp3) is 0.333. The van der Waals surface area contributed by atoms with Crippen LogP contribution in [0.15, 0.2) is 36.4 Å². The van der Waals surface area contributed by atoms with E-state index in [-0.39, 0.29) is 10.6 Å². The van der Waals surface area contributed by atoms with Crippen molar-refractivity contribution >= 4 is 16.5 Å². The summed E-state index contributed by atoms with van der Waals surface area (Å²) in [6.45, 7) is 1.64. The van der Waals surface area contributed by atoms with E-state index in [2.05, 4.69) is 5.32 Å². The van der Waals surface area contributed by atoms with Crippen LogP contribution >= 0.6 is 0 Å². The van der Waals surface area contributed by atoms with E-state index in [1.807, 2.05) is 12.1 Å². The molecular formula is C15H16N2O3. The van der Waals surface area contributed by atoms with Gasteiger partial charge >= 0.3 is 0 Å². The minimum atomic E-state index is -0.357. The van der Waals surface area contributed by atoms with Crippen LogP contribution in [0.3, 0.4) is 0 Å². The molecule has 3 rings (SSSR count). The van der Waals surface area contributed by atoms with Gasteiger partial charge in [-0.25, -0.2) is 0 Å². The topological polar surface area (TPSA) is 64.4 Å². The minimum absolute atomic E-state index is 0.118. The zero-order valence-electron chi connectivity index (χ0n) is 11.0. The summed E-state index contributed by atoms with van der Waals surface area (Å²) >= 11 is 0. The summed E-state index contributed by atoms with van der Waals surface area (Å²) in [6.07, 6.45) is 2.29. The molecule has 0 aromatic heterocycles. The molecule has 2 aromatic carbocycles. The molecule has 1 fully saturated rings. The summed E-state index contributed by atoms with van der Waals surface area (Å²) in [7, 11) is 0. The van der Waals surface area contributed by atoms with Crippen LogP contribution in [0, 0.1) is 10.1 Å². The van der Waals surface area contributed by atoms with Crippen LogP contribution in [0.1, 0.15) is 12.8 Å². The highest BCUT2D eigenvalue weighted by Gasteiger charge is 2.17. The van der Waals surface area contributed by atoms with Crippen molar-refractivity contribution in [3.63, 3.8) is 0 Å². The molecule has 1 N–H and O–H groups in total. The van der Waals surface area contributed by atoms with Gasteiger partial charge in [0.1, 0.15) is 12.4 Å². The predicted molar refractivity (Wildman–Crippen MR) is 77.1 cm³/mol. The van der Waals surface area contributed by atoms with E-state index < -0.39 is 0 Å². The number of hydrogen-bond acceptors (Lipinski definition) is 4. The first kappa shape index (κ1) is 12.9. The van der Waals surface area contributed by atoms with Gasteiger partial charge < -0.3 is 10.1 Å². The van der Waals surface area contributed by atoms with Gasteiger partial charge in [0.2, 0.25) is 0 Å². The van der Waals surface area contributed by atoms with Crippen LogP contribution in [0.2, 0.25) is 0 Å². The van der Waals surface area contributed by atoms with Crippen molar-refractivity contribution in [2.45, 2.75) is 18.9 Å². The largest absolute Gasteiger partial charge is 0.491 e. The van der Waals surface area contributed by atoms with Gasteiger partial charge in [0.15, 0.2) is 0 Å². The lowest BCUT2D eigenvalue weighted by atomic mass is 10.1. The summed E-state index contributed by atoms with van der Waals surface area (Å²) in [5, 5.41) is 15.8. The van der Waals surface area contributed by atoms with Gasteiger partial charge in [0.25, 0.3) is 5.69 Å². The van der Waals surface area contributed by atoms with Crippen LogP contribution in [0.4, 0.5) is 5.69 Å². The quantitative estimate of drug-likeness (QED) is 0.686. The van der Waals surface area contributed by atoms with Crippen LogP contribution in [-0.4, -0.2) is 24.1 Å². The zero-order chi connectivity index (χ0) is 13.9. The fourth-order valence-electron chi connectivity index (χ4n) is 2.63. The van der Waals surface area contributed by atoms with Crippen molar-refractivity contribution < 1.29 is 9.66 Å². The Hall–Kier alpha value is -2.14. The Bertz CT molecular complexity index is 636. The number of nitro groups is 1. The van der Waals surface area contributed by atoms with Gasteiger partial charge in [-0.1, -0.05) is 18.2 Å². The Balaban J connectivity index is 1.91. The zero-order valence-corrected chi connectivity index (χ0v) is 11.0. The molecule has 1 heterocycles. The lowest BCUT2D eigenvalue weighted by Crippen LogP contribution is -2.28. The Labute approximate surface area is 116 Å². The molecule has 1 aliphatic heterocycles. The maximum absolute atomic E-state index is 11.0. The Morgan fingerprint density at radius 3 is 2.75 bits per heavy atom.